The second kappa shape index (κ2) is 5.49. The first-order valence-corrected chi connectivity index (χ1v) is 7.43. The number of rotatable bonds is 3. The Hall–Kier alpha value is -2.70. The summed E-state index contributed by atoms with van der Waals surface area (Å²) in [5.74, 6) is -2.48. The van der Waals surface area contributed by atoms with Crippen molar-refractivity contribution in [2.45, 2.75) is 38.1 Å². The van der Waals surface area contributed by atoms with Gasteiger partial charge in [-0.05, 0) is 25.0 Å². The molecule has 2 aliphatic rings. The van der Waals surface area contributed by atoms with Crippen LogP contribution in [0.1, 0.15) is 53.3 Å². The van der Waals surface area contributed by atoms with Gasteiger partial charge in [-0.3, -0.25) is 14.4 Å². The molecule has 1 aromatic carbocycles. The maximum atomic E-state index is 12.5. The van der Waals surface area contributed by atoms with E-state index in [1.165, 1.54) is 19.1 Å². The van der Waals surface area contributed by atoms with E-state index in [1.54, 1.807) is 12.1 Å². The average Bonchev–Trinajstić information content (AvgIpc) is 3.07. The lowest BCUT2D eigenvalue weighted by Crippen LogP contribution is -2.54. The second-order valence-electron chi connectivity index (χ2n) is 5.80. The predicted octanol–water partition coefficient (Wildman–Crippen LogP) is 1.19. The van der Waals surface area contributed by atoms with Gasteiger partial charge < -0.3 is 10.2 Å². The molecule has 7 nitrogen and oxygen atoms in total. The standard InChI is InChI=1S/C16H16N2O5/c1-10(19)17-16(8-4-5-9-16)15(22)23-18-13(20)11-6-2-3-7-12(11)14(18)21/h2-3,6-7H,4-5,8-9H2,1H3,(H,17,19). The molecule has 1 aliphatic carbocycles. The number of hydroxylamine groups is 2. The van der Waals surface area contributed by atoms with Gasteiger partial charge in [0.15, 0.2) is 0 Å². The summed E-state index contributed by atoms with van der Waals surface area (Å²) in [6, 6.07) is 6.27. The summed E-state index contributed by atoms with van der Waals surface area (Å²) < 4.78 is 0. The molecule has 1 heterocycles. The molecular weight excluding hydrogens is 300 g/mol. The molecule has 7 heteroatoms. The van der Waals surface area contributed by atoms with E-state index in [0.29, 0.717) is 17.9 Å². The zero-order valence-electron chi connectivity index (χ0n) is 12.6. The van der Waals surface area contributed by atoms with Crippen molar-refractivity contribution in [1.29, 1.82) is 0 Å². The third-order valence-electron chi connectivity index (χ3n) is 4.19. The van der Waals surface area contributed by atoms with Crippen molar-refractivity contribution in [3.05, 3.63) is 35.4 Å². The van der Waals surface area contributed by atoms with Crippen LogP contribution in [-0.4, -0.2) is 34.3 Å². The van der Waals surface area contributed by atoms with E-state index in [9.17, 15) is 19.2 Å². The number of hydrogen-bond acceptors (Lipinski definition) is 5. The molecule has 1 saturated carbocycles. The fourth-order valence-electron chi connectivity index (χ4n) is 3.12. The van der Waals surface area contributed by atoms with Crippen molar-refractivity contribution in [1.82, 2.24) is 10.4 Å². The van der Waals surface area contributed by atoms with Crippen molar-refractivity contribution in [3.8, 4) is 0 Å². The van der Waals surface area contributed by atoms with Gasteiger partial charge >= 0.3 is 5.97 Å². The summed E-state index contributed by atoms with van der Waals surface area (Å²) in [4.78, 5) is 53.4. The minimum atomic E-state index is -1.17. The summed E-state index contributed by atoms with van der Waals surface area (Å²) >= 11 is 0. The van der Waals surface area contributed by atoms with E-state index >= 15 is 0 Å². The number of carbonyl (C=O) groups excluding carboxylic acids is 4. The fraction of sp³-hybridized carbons (Fsp3) is 0.375. The fourth-order valence-corrected chi connectivity index (χ4v) is 3.12. The number of hydrogen-bond donors (Lipinski definition) is 1. The Morgan fingerprint density at radius 1 is 1.09 bits per heavy atom. The Kier molecular flexibility index (Phi) is 3.63. The maximum absolute atomic E-state index is 12.5. The topological polar surface area (TPSA) is 92.8 Å². The molecule has 1 fully saturated rings. The molecular formula is C16H16N2O5. The van der Waals surface area contributed by atoms with Crippen molar-refractivity contribution in [3.63, 3.8) is 0 Å². The molecule has 0 spiro atoms. The lowest BCUT2D eigenvalue weighted by atomic mass is 9.98. The smallest absolute Gasteiger partial charge is 0.340 e. The summed E-state index contributed by atoms with van der Waals surface area (Å²) in [7, 11) is 0. The Bertz CT molecular complexity index is 671. The molecule has 120 valence electrons. The largest absolute Gasteiger partial charge is 0.358 e. The number of benzene rings is 1. The van der Waals surface area contributed by atoms with Crippen molar-refractivity contribution < 1.29 is 24.0 Å². The van der Waals surface area contributed by atoms with Crippen LogP contribution < -0.4 is 5.32 Å². The van der Waals surface area contributed by atoms with E-state index in [2.05, 4.69) is 5.32 Å². The first-order valence-electron chi connectivity index (χ1n) is 7.43. The minimum absolute atomic E-state index is 0.199. The van der Waals surface area contributed by atoms with Gasteiger partial charge in [-0.2, -0.15) is 0 Å². The van der Waals surface area contributed by atoms with E-state index < -0.39 is 23.3 Å². The van der Waals surface area contributed by atoms with Gasteiger partial charge in [0, 0.05) is 6.92 Å². The van der Waals surface area contributed by atoms with Gasteiger partial charge in [-0.15, -0.1) is 0 Å². The van der Waals surface area contributed by atoms with Gasteiger partial charge in [0.05, 0.1) is 11.1 Å². The quantitative estimate of drug-likeness (QED) is 0.846. The number of amides is 3. The molecule has 1 aromatic rings. The SMILES string of the molecule is CC(=O)NC1(C(=O)ON2C(=O)c3ccccc3C2=O)CCCC1. The molecule has 3 amide bonds. The Morgan fingerprint density at radius 3 is 2.09 bits per heavy atom. The summed E-state index contributed by atoms with van der Waals surface area (Å²) in [5.41, 5.74) is -0.767. The number of nitrogens with one attached hydrogen (secondary N) is 1. The molecule has 23 heavy (non-hydrogen) atoms. The number of carbonyl (C=O) groups is 4. The van der Waals surface area contributed by atoms with Crippen LogP contribution in [0.25, 0.3) is 0 Å². The molecule has 3 rings (SSSR count). The second-order valence-corrected chi connectivity index (χ2v) is 5.80. The lowest BCUT2D eigenvalue weighted by Gasteiger charge is -2.28. The molecule has 1 N–H and O–H groups in total. The maximum Gasteiger partial charge on any atom is 0.358 e. The number of imide groups is 1. The van der Waals surface area contributed by atoms with E-state index in [-0.39, 0.29) is 17.0 Å². The predicted molar refractivity (Wildman–Crippen MR) is 78.0 cm³/mol. The van der Waals surface area contributed by atoms with Crippen LogP contribution in [0.3, 0.4) is 0 Å². The normalized spacial score (nSPS) is 18.7. The summed E-state index contributed by atoms with van der Waals surface area (Å²) in [6.07, 6.45) is 2.37. The van der Waals surface area contributed by atoms with Crippen LogP contribution in [-0.2, 0) is 14.4 Å². The van der Waals surface area contributed by atoms with Gasteiger partial charge in [-0.25, -0.2) is 4.79 Å². The Morgan fingerprint density at radius 2 is 1.61 bits per heavy atom. The van der Waals surface area contributed by atoms with E-state index in [4.69, 9.17) is 4.84 Å². The summed E-state index contributed by atoms with van der Waals surface area (Å²) in [5, 5.41) is 3.10. The molecule has 0 saturated heterocycles. The molecule has 0 bridgehead atoms. The van der Waals surface area contributed by atoms with Crippen LogP contribution in [0.5, 0.6) is 0 Å². The van der Waals surface area contributed by atoms with E-state index in [0.717, 1.165) is 12.8 Å². The molecule has 0 atom stereocenters. The van der Waals surface area contributed by atoms with Crippen molar-refractivity contribution in [2.24, 2.45) is 0 Å². The van der Waals surface area contributed by atoms with Crippen LogP contribution in [0.15, 0.2) is 24.3 Å². The van der Waals surface area contributed by atoms with Crippen LogP contribution >= 0.6 is 0 Å². The Balaban J connectivity index is 1.82. The zero-order valence-corrected chi connectivity index (χ0v) is 12.6. The number of nitrogens with zero attached hydrogens (tertiary/aromatic N) is 1. The van der Waals surface area contributed by atoms with Gasteiger partial charge in [-0.1, -0.05) is 30.0 Å². The summed E-state index contributed by atoms with van der Waals surface area (Å²) in [6.45, 7) is 1.31. The lowest BCUT2D eigenvalue weighted by molar-refractivity contribution is -0.177. The highest BCUT2D eigenvalue weighted by atomic mass is 16.7. The first kappa shape index (κ1) is 15.2. The van der Waals surface area contributed by atoms with Crippen LogP contribution in [0.2, 0.25) is 0 Å². The van der Waals surface area contributed by atoms with Crippen molar-refractivity contribution >= 4 is 23.7 Å². The third kappa shape index (κ3) is 2.48. The highest BCUT2D eigenvalue weighted by Gasteiger charge is 2.47. The zero-order chi connectivity index (χ0) is 16.6. The molecule has 1 aliphatic heterocycles. The highest BCUT2D eigenvalue weighted by molar-refractivity contribution is 6.21. The van der Waals surface area contributed by atoms with Gasteiger partial charge in [0.25, 0.3) is 11.8 Å². The third-order valence-corrected chi connectivity index (χ3v) is 4.19. The monoisotopic (exact) mass is 316 g/mol. The van der Waals surface area contributed by atoms with Crippen LogP contribution in [0, 0.1) is 0 Å². The van der Waals surface area contributed by atoms with Gasteiger partial charge in [0.1, 0.15) is 5.54 Å². The highest BCUT2D eigenvalue weighted by Crippen LogP contribution is 2.32. The minimum Gasteiger partial charge on any atom is -0.340 e. The number of fused-ring (bicyclic) bond motifs is 1. The van der Waals surface area contributed by atoms with Gasteiger partial charge in [0.2, 0.25) is 5.91 Å². The average molecular weight is 316 g/mol. The van der Waals surface area contributed by atoms with Crippen LogP contribution in [0.4, 0.5) is 0 Å². The van der Waals surface area contributed by atoms with Crippen molar-refractivity contribution in [2.75, 3.05) is 0 Å². The molecule has 0 aromatic heterocycles. The Labute approximate surface area is 132 Å². The molecule has 0 radical (unpaired) electrons. The first-order chi connectivity index (χ1) is 10.9. The van der Waals surface area contributed by atoms with E-state index in [1.807, 2.05) is 0 Å². The molecule has 0 unspecified atom stereocenters.